The molecule has 0 aliphatic rings. The molecule has 0 spiro atoms. The highest BCUT2D eigenvalue weighted by atomic mass is 15.1. The molecule has 0 fully saturated rings. The van der Waals surface area contributed by atoms with Crippen LogP contribution in [0, 0.1) is 0 Å². The molecule has 0 saturated carbocycles. The van der Waals surface area contributed by atoms with E-state index in [9.17, 15) is 0 Å². The number of nitrogens with zero attached hydrogens (tertiary/aromatic N) is 2. The average molecular weight is 398 g/mol. The summed E-state index contributed by atoms with van der Waals surface area (Å²) in [6.07, 6.45) is 0. The van der Waals surface area contributed by atoms with Crippen LogP contribution in [-0.2, 0) is 7.05 Å². The smallest absolute Gasteiger partial charge is 0.136 e. The first-order chi connectivity index (χ1) is 14.5. The third-order valence-corrected chi connectivity index (χ3v) is 5.87. The molecule has 154 valence electrons. The van der Waals surface area contributed by atoms with Crippen LogP contribution in [0.2, 0.25) is 0 Å². The molecule has 1 N–H and O–H groups in total. The normalized spacial score (nSPS) is 12.6. The molecule has 0 saturated heterocycles. The van der Waals surface area contributed by atoms with E-state index in [0.717, 1.165) is 16.9 Å². The van der Waals surface area contributed by atoms with E-state index in [1.54, 1.807) is 0 Å². The predicted octanol–water partition coefficient (Wildman–Crippen LogP) is 7.02. The summed E-state index contributed by atoms with van der Waals surface area (Å²) in [5.74, 6) is 1.89. The molecular weight excluding hydrogens is 366 g/mol. The number of benzene rings is 3. The number of rotatable bonds is 6. The van der Waals surface area contributed by atoms with Gasteiger partial charge in [0.15, 0.2) is 0 Å². The van der Waals surface area contributed by atoms with Gasteiger partial charge >= 0.3 is 0 Å². The molecule has 1 unspecified atom stereocenters. The van der Waals surface area contributed by atoms with Crippen LogP contribution in [0.5, 0.6) is 0 Å². The highest BCUT2D eigenvalue weighted by molar-refractivity contribution is 5.76. The second-order valence-electron chi connectivity index (χ2n) is 8.63. The Labute approximate surface area is 179 Å². The van der Waals surface area contributed by atoms with Crippen molar-refractivity contribution in [1.29, 1.82) is 0 Å². The molecular formula is C27H31N3. The van der Waals surface area contributed by atoms with Crippen LogP contribution < -0.4 is 5.32 Å². The Morgan fingerprint density at radius 1 is 0.733 bits per heavy atom. The summed E-state index contributed by atoms with van der Waals surface area (Å²) >= 11 is 0. The van der Waals surface area contributed by atoms with Crippen molar-refractivity contribution in [3.05, 3.63) is 95.3 Å². The standard InChI is InChI=1S/C27H31N3/c1-18(2)21-14-11-15-22(19(3)4)26(21)29-25(20-12-7-6-8-13-20)27-28-23-16-9-10-17-24(23)30(27)5/h6-19,25,29H,1-5H3. The SMILES string of the molecule is CC(C)c1cccc(C(C)C)c1NC(c1ccccc1)c1nc2ccccc2n1C. The van der Waals surface area contributed by atoms with Gasteiger partial charge in [-0.1, -0.05) is 88.4 Å². The lowest BCUT2D eigenvalue weighted by molar-refractivity contribution is 0.752. The van der Waals surface area contributed by atoms with Gasteiger partial charge in [0.2, 0.25) is 0 Å². The van der Waals surface area contributed by atoms with Crippen molar-refractivity contribution in [3.63, 3.8) is 0 Å². The first kappa shape index (κ1) is 20.2. The van der Waals surface area contributed by atoms with E-state index in [0.29, 0.717) is 11.8 Å². The second-order valence-corrected chi connectivity index (χ2v) is 8.63. The highest BCUT2D eigenvalue weighted by Gasteiger charge is 2.24. The third-order valence-electron chi connectivity index (χ3n) is 5.87. The number of aryl methyl sites for hydroxylation is 1. The fourth-order valence-electron chi connectivity index (χ4n) is 4.23. The van der Waals surface area contributed by atoms with Crippen LogP contribution in [0.15, 0.2) is 72.8 Å². The largest absolute Gasteiger partial charge is 0.371 e. The van der Waals surface area contributed by atoms with Crippen molar-refractivity contribution >= 4 is 16.7 Å². The van der Waals surface area contributed by atoms with Gasteiger partial charge < -0.3 is 9.88 Å². The van der Waals surface area contributed by atoms with Gasteiger partial charge in [0.05, 0.1) is 11.0 Å². The molecule has 3 nitrogen and oxygen atoms in total. The first-order valence-corrected chi connectivity index (χ1v) is 10.8. The molecule has 0 radical (unpaired) electrons. The molecule has 0 amide bonds. The first-order valence-electron chi connectivity index (χ1n) is 10.8. The van der Waals surface area contributed by atoms with Crippen LogP contribution in [-0.4, -0.2) is 9.55 Å². The number of aromatic nitrogens is 2. The molecule has 3 aromatic carbocycles. The monoisotopic (exact) mass is 397 g/mol. The van der Waals surface area contributed by atoms with Crippen LogP contribution >= 0.6 is 0 Å². The van der Waals surface area contributed by atoms with E-state index < -0.39 is 0 Å². The summed E-state index contributed by atoms with van der Waals surface area (Å²) in [6.45, 7) is 9.04. The second kappa shape index (κ2) is 8.35. The lowest BCUT2D eigenvalue weighted by Crippen LogP contribution is -2.19. The molecule has 1 heterocycles. The number of anilines is 1. The van der Waals surface area contributed by atoms with Gasteiger partial charge in [-0.3, -0.25) is 0 Å². The van der Waals surface area contributed by atoms with E-state index in [-0.39, 0.29) is 6.04 Å². The van der Waals surface area contributed by atoms with E-state index >= 15 is 0 Å². The van der Waals surface area contributed by atoms with Gasteiger partial charge in [-0.05, 0) is 40.7 Å². The highest BCUT2D eigenvalue weighted by Crippen LogP contribution is 2.37. The van der Waals surface area contributed by atoms with Crippen LogP contribution in [0.1, 0.15) is 68.1 Å². The minimum absolute atomic E-state index is 0.0407. The van der Waals surface area contributed by atoms with Crippen LogP contribution in [0.25, 0.3) is 11.0 Å². The van der Waals surface area contributed by atoms with Crippen molar-refractivity contribution in [1.82, 2.24) is 9.55 Å². The van der Waals surface area contributed by atoms with Gasteiger partial charge in [0.25, 0.3) is 0 Å². The number of para-hydroxylation sites is 3. The third kappa shape index (κ3) is 3.72. The van der Waals surface area contributed by atoms with Gasteiger partial charge in [-0.15, -0.1) is 0 Å². The topological polar surface area (TPSA) is 29.9 Å². The summed E-state index contributed by atoms with van der Waals surface area (Å²) < 4.78 is 2.22. The maximum Gasteiger partial charge on any atom is 0.136 e. The summed E-state index contributed by atoms with van der Waals surface area (Å²) in [6, 6.07) is 25.6. The molecule has 30 heavy (non-hydrogen) atoms. The summed E-state index contributed by atoms with van der Waals surface area (Å²) in [5, 5.41) is 3.93. The number of hydrogen-bond donors (Lipinski definition) is 1. The fourth-order valence-corrected chi connectivity index (χ4v) is 4.23. The number of nitrogens with one attached hydrogen (secondary N) is 1. The van der Waals surface area contributed by atoms with E-state index in [1.807, 2.05) is 0 Å². The summed E-state index contributed by atoms with van der Waals surface area (Å²) in [7, 11) is 2.11. The Hall–Kier alpha value is -3.07. The Bertz CT molecular complexity index is 1110. The Balaban J connectivity index is 1.90. The minimum Gasteiger partial charge on any atom is -0.371 e. The van der Waals surface area contributed by atoms with E-state index in [1.165, 1.54) is 22.4 Å². The van der Waals surface area contributed by atoms with E-state index in [4.69, 9.17) is 4.98 Å². The number of fused-ring (bicyclic) bond motifs is 1. The Morgan fingerprint density at radius 3 is 1.93 bits per heavy atom. The van der Waals surface area contributed by atoms with Gasteiger partial charge in [-0.2, -0.15) is 0 Å². The quantitative estimate of drug-likeness (QED) is 0.379. The lowest BCUT2D eigenvalue weighted by atomic mass is 9.91. The van der Waals surface area contributed by atoms with Crippen molar-refractivity contribution < 1.29 is 0 Å². The van der Waals surface area contributed by atoms with Crippen LogP contribution in [0.4, 0.5) is 5.69 Å². The maximum atomic E-state index is 5.03. The zero-order valence-corrected chi connectivity index (χ0v) is 18.6. The van der Waals surface area contributed by atoms with Crippen LogP contribution in [0.3, 0.4) is 0 Å². The minimum atomic E-state index is -0.0407. The molecule has 0 bridgehead atoms. The van der Waals surface area contributed by atoms with Crippen molar-refractivity contribution in [3.8, 4) is 0 Å². The zero-order chi connectivity index (χ0) is 21.3. The summed E-state index contributed by atoms with van der Waals surface area (Å²) in [4.78, 5) is 5.03. The van der Waals surface area contributed by atoms with Gasteiger partial charge in [0.1, 0.15) is 11.9 Å². The Morgan fingerprint density at radius 2 is 1.33 bits per heavy atom. The molecule has 4 aromatic rings. The average Bonchev–Trinajstić information content (AvgIpc) is 3.08. The molecule has 3 heteroatoms. The molecule has 1 atom stereocenters. The van der Waals surface area contributed by atoms with E-state index in [2.05, 4.69) is 117 Å². The van der Waals surface area contributed by atoms with Gasteiger partial charge in [0, 0.05) is 12.7 Å². The summed E-state index contributed by atoms with van der Waals surface area (Å²) in [5.41, 5.74) is 7.32. The number of hydrogen-bond acceptors (Lipinski definition) is 2. The molecule has 0 aliphatic carbocycles. The predicted molar refractivity (Wildman–Crippen MR) is 127 cm³/mol. The molecule has 0 aliphatic heterocycles. The lowest BCUT2D eigenvalue weighted by Gasteiger charge is -2.26. The Kier molecular flexibility index (Phi) is 5.63. The van der Waals surface area contributed by atoms with Gasteiger partial charge in [-0.25, -0.2) is 4.98 Å². The zero-order valence-electron chi connectivity index (χ0n) is 18.6. The molecule has 4 rings (SSSR count). The van der Waals surface area contributed by atoms with Crippen molar-refractivity contribution in [2.75, 3.05) is 5.32 Å². The fraction of sp³-hybridized carbons (Fsp3) is 0.296. The number of imidazole rings is 1. The van der Waals surface area contributed by atoms with Crippen molar-refractivity contribution in [2.45, 2.75) is 45.6 Å². The van der Waals surface area contributed by atoms with Crippen molar-refractivity contribution in [2.24, 2.45) is 7.05 Å². The maximum absolute atomic E-state index is 5.03. The molecule has 1 aromatic heterocycles.